The van der Waals surface area contributed by atoms with Crippen molar-refractivity contribution in [1.29, 1.82) is 0 Å². The van der Waals surface area contributed by atoms with Gasteiger partial charge >= 0.3 is 5.97 Å². The summed E-state index contributed by atoms with van der Waals surface area (Å²) in [7, 11) is 1.50. The Morgan fingerprint density at radius 3 is 2.62 bits per heavy atom. The van der Waals surface area contributed by atoms with Crippen molar-refractivity contribution in [2.45, 2.75) is 18.8 Å². The number of aromatic hydroxyl groups is 1. The van der Waals surface area contributed by atoms with E-state index in [0.717, 1.165) is 12.8 Å². The molecule has 0 radical (unpaired) electrons. The Bertz CT molecular complexity index is 366. The highest BCUT2D eigenvalue weighted by Gasteiger charge is 2.32. The fourth-order valence-electron chi connectivity index (χ4n) is 1.33. The first-order valence-corrected chi connectivity index (χ1v) is 4.10. The zero-order valence-corrected chi connectivity index (χ0v) is 7.19. The summed E-state index contributed by atoms with van der Waals surface area (Å²) in [6.45, 7) is 0. The lowest BCUT2D eigenvalue weighted by atomic mass is 10.3. The first kappa shape index (κ1) is 8.10. The number of hydrogen-bond acceptors (Lipinski definition) is 3. The minimum atomic E-state index is -1.11. The van der Waals surface area contributed by atoms with Gasteiger partial charge < -0.3 is 10.2 Å². The van der Waals surface area contributed by atoms with Gasteiger partial charge in [-0.2, -0.15) is 0 Å². The van der Waals surface area contributed by atoms with E-state index in [1.165, 1.54) is 11.6 Å². The molecule has 70 valence electrons. The minimum absolute atomic E-state index is 0.0140. The third-order valence-corrected chi connectivity index (χ3v) is 2.25. The molecule has 1 aliphatic carbocycles. The maximum atomic E-state index is 10.6. The van der Waals surface area contributed by atoms with Crippen LogP contribution in [0.1, 0.15) is 35.1 Å². The van der Waals surface area contributed by atoms with Gasteiger partial charge in [-0.25, -0.2) is 9.78 Å². The Kier molecular flexibility index (Phi) is 1.55. The second kappa shape index (κ2) is 2.48. The molecular weight excluding hydrogens is 172 g/mol. The van der Waals surface area contributed by atoms with E-state index < -0.39 is 5.97 Å². The minimum Gasteiger partial charge on any atom is -0.493 e. The van der Waals surface area contributed by atoms with Crippen molar-refractivity contribution >= 4 is 5.97 Å². The number of nitrogens with zero attached hydrogens (tertiary/aromatic N) is 2. The molecule has 2 N–H and O–H groups in total. The average Bonchev–Trinajstić information content (AvgIpc) is 2.83. The van der Waals surface area contributed by atoms with Gasteiger partial charge in [0.25, 0.3) is 0 Å². The molecule has 0 aromatic carbocycles. The molecule has 2 rings (SSSR count). The zero-order valence-electron chi connectivity index (χ0n) is 7.19. The highest BCUT2D eigenvalue weighted by atomic mass is 16.4. The molecule has 1 saturated carbocycles. The van der Waals surface area contributed by atoms with E-state index in [1.54, 1.807) is 0 Å². The molecule has 0 amide bonds. The van der Waals surface area contributed by atoms with Gasteiger partial charge in [0.05, 0.1) is 0 Å². The zero-order chi connectivity index (χ0) is 9.59. The molecule has 13 heavy (non-hydrogen) atoms. The quantitative estimate of drug-likeness (QED) is 0.706. The van der Waals surface area contributed by atoms with Crippen LogP contribution in [0.25, 0.3) is 0 Å². The fourth-order valence-corrected chi connectivity index (χ4v) is 1.33. The van der Waals surface area contributed by atoms with Crippen molar-refractivity contribution in [3.8, 4) is 5.88 Å². The summed E-state index contributed by atoms with van der Waals surface area (Å²) in [5, 5.41) is 18.2. The van der Waals surface area contributed by atoms with Crippen LogP contribution < -0.4 is 0 Å². The van der Waals surface area contributed by atoms with Crippen molar-refractivity contribution in [3.05, 3.63) is 11.5 Å². The van der Waals surface area contributed by atoms with Crippen LogP contribution in [0, 0.1) is 0 Å². The van der Waals surface area contributed by atoms with Crippen molar-refractivity contribution in [2.75, 3.05) is 0 Å². The van der Waals surface area contributed by atoms with Gasteiger partial charge in [-0.1, -0.05) is 0 Å². The molecule has 0 aliphatic heterocycles. The van der Waals surface area contributed by atoms with Crippen LogP contribution in [0.4, 0.5) is 0 Å². The van der Waals surface area contributed by atoms with Crippen LogP contribution >= 0.6 is 0 Å². The number of imidazole rings is 1. The Labute approximate surface area is 74.6 Å². The van der Waals surface area contributed by atoms with Gasteiger partial charge in [-0.15, -0.1) is 0 Å². The highest BCUT2D eigenvalue weighted by molar-refractivity contribution is 5.84. The number of rotatable bonds is 2. The third-order valence-electron chi connectivity index (χ3n) is 2.25. The SMILES string of the molecule is Cn1c(C(=O)O)nc(C2CC2)c1O. The number of aromatic carboxylic acids is 1. The molecule has 1 fully saturated rings. The van der Waals surface area contributed by atoms with E-state index in [9.17, 15) is 9.90 Å². The number of aromatic nitrogens is 2. The van der Waals surface area contributed by atoms with E-state index in [2.05, 4.69) is 4.98 Å². The maximum absolute atomic E-state index is 10.6. The maximum Gasteiger partial charge on any atom is 0.372 e. The van der Waals surface area contributed by atoms with Crippen LogP contribution in [0.5, 0.6) is 5.88 Å². The van der Waals surface area contributed by atoms with Gasteiger partial charge in [0.2, 0.25) is 11.7 Å². The second-order valence-electron chi connectivity index (χ2n) is 3.28. The van der Waals surface area contributed by atoms with Crippen LogP contribution in [0.15, 0.2) is 0 Å². The van der Waals surface area contributed by atoms with Crippen molar-refractivity contribution < 1.29 is 15.0 Å². The van der Waals surface area contributed by atoms with Gasteiger partial charge in [0.1, 0.15) is 5.69 Å². The first-order valence-electron chi connectivity index (χ1n) is 4.10. The van der Waals surface area contributed by atoms with Crippen molar-refractivity contribution in [2.24, 2.45) is 7.05 Å². The molecule has 1 aromatic heterocycles. The molecule has 0 atom stereocenters. The molecule has 0 saturated heterocycles. The summed E-state index contributed by atoms with van der Waals surface area (Å²) >= 11 is 0. The van der Waals surface area contributed by atoms with Gasteiger partial charge in [0.15, 0.2) is 0 Å². The third kappa shape index (κ3) is 1.16. The van der Waals surface area contributed by atoms with Crippen molar-refractivity contribution in [1.82, 2.24) is 9.55 Å². The van der Waals surface area contributed by atoms with Crippen LogP contribution in [-0.4, -0.2) is 25.7 Å². The predicted molar refractivity (Wildman–Crippen MR) is 43.8 cm³/mol. The number of hydrogen-bond donors (Lipinski definition) is 2. The van der Waals surface area contributed by atoms with Gasteiger partial charge in [0, 0.05) is 13.0 Å². The molecule has 5 nitrogen and oxygen atoms in total. The molecule has 5 heteroatoms. The summed E-state index contributed by atoms with van der Waals surface area (Å²) < 4.78 is 1.20. The van der Waals surface area contributed by atoms with Gasteiger partial charge in [-0.05, 0) is 12.8 Å². The summed E-state index contributed by atoms with van der Waals surface area (Å²) in [6.07, 6.45) is 1.98. The molecule has 0 unspecified atom stereocenters. The lowest BCUT2D eigenvalue weighted by Crippen LogP contribution is -2.05. The molecular formula is C8H10N2O3. The first-order chi connectivity index (χ1) is 6.11. The largest absolute Gasteiger partial charge is 0.493 e. The summed E-state index contributed by atoms with van der Waals surface area (Å²) in [4.78, 5) is 14.5. The fraction of sp³-hybridized carbons (Fsp3) is 0.500. The smallest absolute Gasteiger partial charge is 0.372 e. The predicted octanol–water partition coefficient (Wildman–Crippen LogP) is 0.701. The van der Waals surface area contributed by atoms with Crippen LogP contribution in [0.2, 0.25) is 0 Å². The lowest BCUT2D eigenvalue weighted by molar-refractivity contribution is 0.0678. The van der Waals surface area contributed by atoms with Gasteiger partial charge in [-0.3, -0.25) is 4.57 Å². The number of carbonyl (C=O) groups is 1. The molecule has 1 aliphatic rings. The summed E-state index contributed by atoms with van der Waals surface area (Å²) in [6, 6.07) is 0. The topological polar surface area (TPSA) is 75.4 Å². The van der Waals surface area contributed by atoms with E-state index >= 15 is 0 Å². The highest BCUT2D eigenvalue weighted by Crippen LogP contribution is 2.43. The summed E-state index contributed by atoms with van der Waals surface area (Å²) in [5.74, 6) is -0.955. The summed E-state index contributed by atoms with van der Waals surface area (Å²) in [5.41, 5.74) is 0.528. The Morgan fingerprint density at radius 2 is 2.23 bits per heavy atom. The van der Waals surface area contributed by atoms with E-state index in [4.69, 9.17) is 5.11 Å². The monoisotopic (exact) mass is 182 g/mol. The second-order valence-corrected chi connectivity index (χ2v) is 3.28. The average molecular weight is 182 g/mol. The Balaban J connectivity index is 2.48. The molecule has 1 heterocycles. The van der Waals surface area contributed by atoms with E-state index in [1.807, 2.05) is 0 Å². The Hall–Kier alpha value is -1.52. The van der Waals surface area contributed by atoms with E-state index in [0.29, 0.717) is 5.69 Å². The lowest BCUT2D eigenvalue weighted by Gasteiger charge is -1.95. The Morgan fingerprint density at radius 1 is 1.62 bits per heavy atom. The van der Waals surface area contributed by atoms with Crippen LogP contribution in [-0.2, 0) is 7.05 Å². The van der Waals surface area contributed by atoms with Crippen molar-refractivity contribution in [3.63, 3.8) is 0 Å². The van der Waals surface area contributed by atoms with Crippen LogP contribution in [0.3, 0.4) is 0 Å². The molecule has 0 spiro atoms. The number of carboxylic acids is 1. The number of carboxylic acid groups (broad SMARTS) is 1. The standard InChI is InChI=1S/C8H10N2O3/c1-10-6(8(12)13)9-5(7(10)11)4-2-3-4/h4,11H,2-3H2,1H3,(H,12,13). The molecule has 1 aromatic rings. The normalized spacial score (nSPS) is 16.1. The van der Waals surface area contributed by atoms with E-state index in [-0.39, 0.29) is 17.6 Å². The molecule has 0 bridgehead atoms.